The maximum Gasteiger partial charge on any atom is 0.223 e. The van der Waals surface area contributed by atoms with Gasteiger partial charge < -0.3 is 9.72 Å². The molecule has 3 heterocycles. The van der Waals surface area contributed by atoms with Crippen LogP contribution in [-0.2, 0) is 6.42 Å². The number of aromatic nitrogens is 4. The van der Waals surface area contributed by atoms with E-state index in [1.165, 1.54) is 0 Å². The van der Waals surface area contributed by atoms with E-state index in [2.05, 4.69) is 26.3 Å². The first-order valence-electron chi connectivity index (χ1n) is 9.67. The molecule has 1 unspecified atom stereocenters. The van der Waals surface area contributed by atoms with Gasteiger partial charge in [0.2, 0.25) is 5.95 Å². The third-order valence-electron chi connectivity index (χ3n) is 5.54. The highest BCUT2D eigenvalue weighted by Crippen LogP contribution is 2.39. The van der Waals surface area contributed by atoms with E-state index in [-0.39, 0.29) is 6.54 Å². The number of pyridine rings is 1. The second-order valence-electron chi connectivity index (χ2n) is 7.59. The van der Waals surface area contributed by atoms with Crippen LogP contribution >= 0.6 is 0 Å². The fourth-order valence-corrected chi connectivity index (χ4v) is 3.61. The van der Waals surface area contributed by atoms with E-state index in [1.54, 1.807) is 12.4 Å². The third kappa shape index (κ3) is 2.95. The molecule has 7 heteroatoms. The number of hydrogen-bond acceptors (Lipinski definition) is 4. The second-order valence-corrected chi connectivity index (χ2v) is 7.59. The van der Waals surface area contributed by atoms with Crippen LogP contribution in [0.25, 0.3) is 11.2 Å². The predicted molar refractivity (Wildman–Crippen MR) is 104 cm³/mol. The molecule has 0 aromatic carbocycles. The predicted octanol–water partition coefficient (Wildman–Crippen LogP) is 4.45. The molecule has 3 aromatic heterocycles. The fraction of sp³-hybridized carbons (Fsp3) is 0.381. The van der Waals surface area contributed by atoms with E-state index in [1.807, 2.05) is 29.7 Å². The van der Waals surface area contributed by atoms with Crippen LogP contribution in [-0.4, -0.2) is 31.6 Å². The lowest BCUT2D eigenvalue weighted by Gasteiger charge is -2.11. The van der Waals surface area contributed by atoms with Gasteiger partial charge in [-0.1, -0.05) is 13.0 Å². The monoisotopic (exact) mass is 381 g/mol. The lowest BCUT2D eigenvalue weighted by Crippen LogP contribution is -2.17. The van der Waals surface area contributed by atoms with Gasteiger partial charge in [-0.25, -0.2) is 23.7 Å². The van der Waals surface area contributed by atoms with Gasteiger partial charge in [-0.2, -0.15) is 0 Å². The number of fused-ring (bicyclic) bond motifs is 2. The number of halogens is 2. The molecule has 1 saturated carbocycles. The van der Waals surface area contributed by atoms with Crippen LogP contribution in [0.2, 0.25) is 0 Å². The van der Waals surface area contributed by atoms with Crippen LogP contribution in [0.5, 0.6) is 0 Å². The average Bonchev–Trinajstić information content (AvgIpc) is 3.13. The highest BCUT2D eigenvalue weighted by molar-refractivity contribution is 5.84. The molecule has 5 rings (SSSR count). The number of rotatable bonds is 6. The Morgan fingerprint density at radius 3 is 2.89 bits per heavy atom. The van der Waals surface area contributed by atoms with Crippen LogP contribution in [0.4, 0.5) is 14.7 Å². The molecule has 0 saturated heterocycles. The van der Waals surface area contributed by atoms with Gasteiger partial charge in [0.05, 0.1) is 24.1 Å². The van der Waals surface area contributed by atoms with Gasteiger partial charge in [0.25, 0.3) is 0 Å². The van der Waals surface area contributed by atoms with Crippen molar-refractivity contribution in [3.63, 3.8) is 0 Å². The van der Waals surface area contributed by atoms with E-state index in [0.717, 1.165) is 28.0 Å². The van der Waals surface area contributed by atoms with Gasteiger partial charge in [0.15, 0.2) is 0 Å². The highest BCUT2D eigenvalue weighted by Gasteiger charge is 2.43. The zero-order chi connectivity index (χ0) is 19.3. The Balaban J connectivity index is 1.44. The number of allylic oxidation sites excluding steroid dienone is 1. The summed E-state index contributed by atoms with van der Waals surface area (Å²) in [7, 11) is 0. The van der Waals surface area contributed by atoms with Crippen molar-refractivity contribution in [3.8, 4) is 0 Å². The third-order valence-corrected chi connectivity index (χ3v) is 5.54. The normalized spacial score (nSPS) is 18.0. The smallest absolute Gasteiger partial charge is 0.223 e. The average molecular weight is 381 g/mol. The Morgan fingerprint density at radius 2 is 2.11 bits per heavy atom. The molecular formula is C21H21F2N5. The van der Waals surface area contributed by atoms with Crippen molar-refractivity contribution >= 4 is 17.2 Å². The molecule has 1 N–H and O–H groups in total. The Bertz CT molecular complexity index is 1080. The van der Waals surface area contributed by atoms with Crippen molar-refractivity contribution in [1.82, 2.24) is 19.4 Å². The summed E-state index contributed by atoms with van der Waals surface area (Å²) in [5.74, 6) is 0.466. The van der Waals surface area contributed by atoms with E-state index >= 15 is 0 Å². The highest BCUT2D eigenvalue weighted by atomic mass is 19.1. The van der Waals surface area contributed by atoms with Crippen LogP contribution in [0.15, 0.2) is 36.8 Å². The number of nitrogens with one attached hydrogen (secondary N) is 1. The Morgan fingerprint density at radius 1 is 1.25 bits per heavy atom. The van der Waals surface area contributed by atoms with Gasteiger partial charge in [-0.15, -0.1) is 0 Å². The number of hydrogen-bond donors (Lipinski definition) is 1. The minimum Gasteiger partial charge on any atom is -0.351 e. The molecule has 3 aromatic rings. The fourth-order valence-electron chi connectivity index (χ4n) is 3.61. The molecule has 144 valence electrons. The summed E-state index contributed by atoms with van der Waals surface area (Å²) in [6.07, 6.45) is 8.68. The molecule has 0 amide bonds. The maximum atomic E-state index is 14.3. The Labute approximate surface area is 161 Å². The van der Waals surface area contributed by atoms with Crippen molar-refractivity contribution in [2.75, 3.05) is 11.9 Å². The summed E-state index contributed by atoms with van der Waals surface area (Å²) in [5.41, 5.74) is 4.08. The van der Waals surface area contributed by atoms with E-state index in [0.29, 0.717) is 37.3 Å². The zero-order valence-electron chi connectivity index (χ0n) is 15.6. The van der Waals surface area contributed by atoms with E-state index in [4.69, 9.17) is 0 Å². The van der Waals surface area contributed by atoms with E-state index < -0.39 is 11.8 Å². The molecule has 0 spiro atoms. The minimum absolute atomic E-state index is 0.258. The Hall–Kier alpha value is -2.83. The molecule has 0 bridgehead atoms. The standard InChI is InChI=1S/C21H21F2N5/c1-2-16(22)18-10-24-19-6-3-13(11-28(18)19)14-4-5-17-15(14)9-25-20(27-17)26-12-21(23)7-8-21/h3-4,6,9-11,16H,2,5,7-8,12H2,1H3,(H,25,26,27). The van der Waals surface area contributed by atoms with Crippen molar-refractivity contribution in [2.45, 2.75) is 44.4 Å². The summed E-state index contributed by atoms with van der Waals surface area (Å²) in [6.45, 7) is 2.08. The van der Waals surface area contributed by atoms with Gasteiger partial charge in [-0.3, -0.25) is 0 Å². The molecular weight excluding hydrogens is 360 g/mol. The summed E-state index contributed by atoms with van der Waals surface area (Å²) in [4.78, 5) is 13.2. The molecule has 0 radical (unpaired) electrons. The van der Waals surface area contributed by atoms with Crippen LogP contribution in [0.3, 0.4) is 0 Å². The summed E-state index contributed by atoms with van der Waals surface area (Å²) >= 11 is 0. The lowest BCUT2D eigenvalue weighted by molar-refractivity contribution is 0.325. The summed E-state index contributed by atoms with van der Waals surface area (Å²) in [5, 5.41) is 3.00. The Kier molecular flexibility index (Phi) is 3.92. The number of anilines is 1. The first-order valence-corrected chi connectivity index (χ1v) is 9.67. The molecule has 28 heavy (non-hydrogen) atoms. The van der Waals surface area contributed by atoms with Gasteiger partial charge in [0.1, 0.15) is 17.5 Å². The zero-order valence-corrected chi connectivity index (χ0v) is 15.6. The molecule has 0 aliphatic heterocycles. The van der Waals surface area contributed by atoms with Crippen LogP contribution in [0.1, 0.15) is 54.9 Å². The first kappa shape index (κ1) is 17.3. The van der Waals surface area contributed by atoms with Crippen molar-refractivity contribution in [1.29, 1.82) is 0 Å². The summed E-state index contributed by atoms with van der Waals surface area (Å²) < 4.78 is 29.9. The number of nitrogens with zero attached hydrogens (tertiary/aromatic N) is 4. The molecule has 2 aliphatic carbocycles. The van der Waals surface area contributed by atoms with Gasteiger partial charge in [0, 0.05) is 24.4 Å². The first-order chi connectivity index (χ1) is 13.6. The van der Waals surface area contributed by atoms with Gasteiger partial charge in [-0.05, 0) is 42.5 Å². The van der Waals surface area contributed by atoms with Crippen molar-refractivity contribution in [2.24, 2.45) is 0 Å². The van der Waals surface area contributed by atoms with Crippen molar-refractivity contribution in [3.05, 3.63) is 59.3 Å². The van der Waals surface area contributed by atoms with Crippen LogP contribution < -0.4 is 5.32 Å². The maximum absolute atomic E-state index is 14.3. The molecule has 1 fully saturated rings. The van der Waals surface area contributed by atoms with Gasteiger partial charge >= 0.3 is 0 Å². The van der Waals surface area contributed by atoms with Crippen LogP contribution in [0, 0.1) is 0 Å². The minimum atomic E-state index is -1.09. The number of alkyl halides is 2. The largest absolute Gasteiger partial charge is 0.351 e. The second kappa shape index (κ2) is 6.36. The molecule has 1 atom stereocenters. The van der Waals surface area contributed by atoms with Crippen molar-refractivity contribution < 1.29 is 8.78 Å². The molecule has 2 aliphatic rings. The SMILES string of the molecule is CCC(F)c1cnc2ccc(C3=CCc4nc(NCC5(F)CC5)ncc43)cn12. The van der Waals surface area contributed by atoms with E-state index in [9.17, 15) is 8.78 Å². The topological polar surface area (TPSA) is 55.1 Å². The quantitative estimate of drug-likeness (QED) is 0.686. The molecule has 5 nitrogen and oxygen atoms in total. The number of imidazole rings is 1. The summed E-state index contributed by atoms with van der Waals surface area (Å²) in [6, 6.07) is 3.88. The lowest BCUT2D eigenvalue weighted by atomic mass is 10.0.